The SMILES string of the molecule is CCCCCCCC(=O)OCC(=O)NCc1cc(OC)c(O)cc1I. The van der Waals surface area contributed by atoms with Crippen LogP contribution in [0.15, 0.2) is 12.1 Å². The van der Waals surface area contributed by atoms with E-state index in [-0.39, 0.29) is 30.8 Å². The Morgan fingerprint density at radius 3 is 2.60 bits per heavy atom. The molecule has 7 heteroatoms. The molecule has 0 saturated carbocycles. The highest BCUT2D eigenvalue weighted by Gasteiger charge is 2.11. The van der Waals surface area contributed by atoms with E-state index in [1.165, 1.54) is 13.5 Å². The zero-order chi connectivity index (χ0) is 18.7. The minimum Gasteiger partial charge on any atom is -0.504 e. The van der Waals surface area contributed by atoms with Crippen molar-refractivity contribution >= 4 is 34.5 Å². The molecule has 0 bridgehead atoms. The fraction of sp³-hybridized carbons (Fsp3) is 0.556. The highest BCUT2D eigenvalue weighted by atomic mass is 127. The fourth-order valence-electron chi connectivity index (χ4n) is 2.22. The highest BCUT2D eigenvalue weighted by Crippen LogP contribution is 2.30. The normalized spacial score (nSPS) is 10.4. The minimum absolute atomic E-state index is 0.0508. The molecule has 0 unspecified atom stereocenters. The van der Waals surface area contributed by atoms with Crippen molar-refractivity contribution in [3.63, 3.8) is 0 Å². The lowest BCUT2D eigenvalue weighted by molar-refractivity contribution is -0.148. The van der Waals surface area contributed by atoms with Gasteiger partial charge in [0.25, 0.3) is 5.91 Å². The summed E-state index contributed by atoms with van der Waals surface area (Å²) in [5.41, 5.74) is 0.811. The Bertz CT molecular complexity index is 577. The summed E-state index contributed by atoms with van der Waals surface area (Å²) in [6.45, 7) is 2.13. The van der Waals surface area contributed by atoms with Gasteiger partial charge < -0.3 is 19.9 Å². The van der Waals surface area contributed by atoms with E-state index in [1.54, 1.807) is 12.1 Å². The number of rotatable bonds is 11. The van der Waals surface area contributed by atoms with E-state index in [0.717, 1.165) is 34.8 Å². The average Bonchev–Trinajstić information content (AvgIpc) is 2.59. The van der Waals surface area contributed by atoms with Crippen LogP contribution in [0, 0.1) is 3.57 Å². The number of phenols is 1. The zero-order valence-corrected chi connectivity index (χ0v) is 16.9. The molecule has 0 saturated heterocycles. The molecule has 1 aromatic rings. The molecule has 25 heavy (non-hydrogen) atoms. The summed E-state index contributed by atoms with van der Waals surface area (Å²) in [7, 11) is 1.46. The first kappa shape index (κ1) is 21.5. The van der Waals surface area contributed by atoms with E-state index in [4.69, 9.17) is 9.47 Å². The molecule has 2 N–H and O–H groups in total. The van der Waals surface area contributed by atoms with Gasteiger partial charge in [-0.2, -0.15) is 0 Å². The molecule has 1 rings (SSSR count). The molecule has 0 spiro atoms. The fourth-order valence-corrected chi connectivity index (χ4v) is 2.86. The van der Waals surface area contributed by atoms with Crippen molar-refractivity contribution in [1.82, 2.24) is 5.32 Å². The van der Waals surface area contributed by atoms with Crippen LogP contribution < -0.4 is 10.1 Å². The van der Waals surface area contributed by atoms with E-state index in [0.29, 0.717) is 12.2 Å². The maximum Gasteiger partial charge on any atom is 0.306 e. The molecule has 0 aliphatic heterocycles. The number of halogens is 1. The van der Waals surface area contributed by atoms with Gasteiger partial charge in [-0.25, -0.2) is 0 Å². The summed E-state index contributed by atoms with van der Waals surface area (Å²) in [6, 6.07) is 3.24. The number of benzene rings is 1. The third-order valence-electron chi connectivity index (χ3n) is 3.67. The molecule has 0 atom stereocenters. The first-order valence-electron chi connectivity index (χ1n) is 8.45. The van der Waals surface area contributed by atoms with Crippen LogP contribution in [0.5, 0.6) is 11.5 Å². The number of nitrogens with one attached hydrogen (secondary N) is 1. The second-order valence-corrected chi connectivity index (χ2v) is 6.88. The minimum atomic E-state index is -0.359. The van der Waals surface area contributed by atoms with Crippen molar-refractivity contribution in [3.05, 3.63) is 21.3 Å². The predicted molar refractivity (Wildman–Crippen MR) is 104 cm³/mol. The molecule has 1 amide bonds. The van der Waals surface area contributed by atoms with E-state index in [2.05, 4.69) is 34.8 Å². The molecule has 140 valence electrons. The molecule has 0 radical (unpaired) electrons. The van der Waals surface area contributed by atoms with Crippen LogP contribution in [-0.2, 0) is 20.9 Å². The topological polar surface area (TPSA) is 84.9 Å². The molecular weight excluding hydrogens is 437 g/mol. The number of amides is 1. The number of carbonyl (C=O) groups is 2. The Hall–Kier alpha value is -1.51. The largest absolute Gasteiger partial charge is 0.504 e. The monoisotopic (exact) mass is 463 g/mol. The molecular formula is C18H26INO5. The molecule has 0 fully saturated rings. The van der Waals surface area contributed by atoms with E-state index >= 15 is 0 Å². The Morgan fingerprint density at radius 1 is 1.20 bits per heavy atom. The number of esters is 1. The standard InChI is InChI=1S/C18H26INO5/c1-3-4-5-6-7-8-18(23)25-12-17(22)20-11-13-9-16(24-2)15(21)10-14(13)19/h9-10,21H,3-8,11-12H2,1-2H3,(H,20,22). The number of hydrogen-bond donors (Lipinski definition) is 2. The van der Waals surface area contributed by atoms with Crippen molar-refractivity contribution in [2.75, 3.05) is 13.7 Å². The number of ether oxygens (including phenoxy) is 2. The van der Waals surface area contributed by atoms with Crippen LogP contribution in [0.3, 0.4) is 0 Å². The average molecular weight is 463 g/mol. The van der Waals surface area contributed by atoms with Crippen molar-refractivity contribution in [2.24, 2.45) is 0 Å². The number of phenolic OH excluding ortho intramolecular Hbond substituents is 1. The van der Waals surface area contributed by atoms with Gasteiger partial charge in [0.1, 0.15) is 0 Å². The van der Waals surface area contributed by atoms with E-state index in [1.807, 2.05) is 0 Å². The number of carbonyl (C=O) groups excluding carboxylic acids is 2. The summed E-state index contributed by atoms with van der Waals surface area (Å²) in [5.74, 6) is -0.302. The van der Waals surface area contributed by atoms with Gasteiger partial charge in [0, 0.05) is 16.5 Å². The molecule has 6 nitrogen and oxygen atoms in total. The third-order valence-corrected chi connectivity index (χ3v) is 4.68. The zero-order valence-electron chi connectivity index (χ0n) is 14.8. The van der Waals surface area contributed by atoms with Crippen LogP contribution in [0.1, 0.15) is 51.0 Å². The van der Waals surface area contributed by atoms with Gasteiger partial charge in [0.2, 0.25) is 0 Å². The van der Waals surface area contributed by atoms with Gasteiger partial charge in [-0.1, -0.05) is 32.6 Å². The molecule has 1 aromatic carbocycles. The van der Waals surface area contributed by atoms with Crippen LogP contribution in [0.2, 0.25) is 0 Å². The lowest BCUT2D eigenvalue weighted by Gasteiger charge is -2.11. The maximum absolute atomic E-state index is 11.8. The van der Waals surface area contributed by atoms with Gasteiger partial charge in [-0.05, 0) is 46.7 Å². The third kappa shape index (κ3) is 8.42. The summed E-state index contributed by atoms with van der Waals surface area (Å²) < 4.78 is 10.8. The maximum atomic E-state index is 11.8. The van der Waals surface area contributed by atoms with E-state index in [9.17, 15) is 14.7 Å². The number of methoxy groups -OCH3 is 1. The summed E-state index contributed by atoms with van der Waals surface area (Å²) in [5, 5.41) is 12.4. The highest BCUT2D eigenvalue weighted by molar-refractivity contribution is 14.1. The van der Waals surface area contributed by atoms with Gasteiger partial charge in [0.05, 0.1) is 7.11 Å². The van der Waals surface area contributed by atoms with Crippen molar-refractivity contribution in [2.45, 2.75) is 52.0 Å². The summed E-state index contributed by atoms with van der Waals surface area (Å²) in [6.07, 6.45) is 5.63. The predicted octanol–water partition coefficient (Wildman–Crippen LogP) is 3.53. The number of unbranched alkanes of at least 4 members (excludes halogenated alkanes) is 4. The van der Waals surface area contributed by atoms with E-state index < -0.39 is 0 Å². The smallest absolute Gasteiger partial charge is 0.306 e. The van der Waals surface area contributed by atoms with Gasteiger partial charge in [0.15, 0.2) is 18.1 Å². The molecule has 0 aliphatic carbocycles. The van der Waals surface area contributed by atoms with Crippen LogP contribution in [0.25, 0.3) is 0 Å². The number of aromatic hydroxyl groups is 1. The van der Waals surface area contributed by atoms with Crippen LogP contribution >= 0.6 is 22.6 Å². The molecule has 0 aromatic heterocycles. The van der Waals surface area contributed by atoms with Crippen LogP contribution in [-0.4, -0.2) is 30.7 Å². The molecule has 0 heterocycles. The summed E-state index contributed by atoms with van der Waals surface area (Å²) >= 11 is 2.07. The van der Waals surface area contributed by atoms with Crippen LogP contribution in [0.4, 0.5) is 0 Å². The van der Waals surface area contributed by atoms with Gasteiger partial charge >= 0.3 is 5.97 Å². The quantitative estimate of drug-likeness (QED) is 0.298. The van der Waals surface area contributed by atoms with Crippen molar-refractivity contribution in [3.8, 4) is 11.5 Å². The first-order chi connectivity index (χ1) is 12.0. The first-order valence-corrected chi connectivity index (χ1v) is 9.53. The second kappa shape index (κ2) is 11.9. The van der Waals surface area contributed by atoms with Crippen molar-refractivity contribution < 1.29 is 24.2 Å². The van der Waals surface area contributed by atoms with Crippen molar-refractivity contribution in [1.29, 1.82) is 0 Å². The Morgan fingerprint density at radius 2 is 1.92 bits per heavy atom. The van der Waals surface area contributed by atoms with Gasteiger partial charge in [-0.15, -0.1) is 0 Å². The lowest BCUT2D eigenvalue weighted by Crippen LogP contribution is -2.28. The lowest BCUT2D eigenvalue weighted by atomic mass is 10.1. The number of hydrogen-bond acceptors (Lipinski definition) is 5. The second-order valence-electron chi connectivity index (χ2n) is 5.72. The molecule has 0 aliphatic rings. The summed E-state index contributed by atoms with van der Waals surface area (Å²) in [4.78, 5) is 23.4. The van der Waals surface area contributed by atoms with Gasteiger partial charge in [-0.3, -0.25) is 9.59 Å². The Balaban J connectivity index is 2.30. The Labute approximate surface area is 162 Å². The Kier molecular flexibility index (Phi) is 10.3.